The van der Waals surface area contributed by atoms with E-state index in [4.69, 9.17) is 0 Å². The van der Waals surface area contributed by atoms with Crippen molar-refractivity contribution in [2.75, 3.05) is 0 Å². The fourth-order valence-electron chi connectivity index (χ4n) is 1.80. The summed E-state index contributed by atoms with van der Waals surface area (Å²) in [6, 6.07) is 4.85. The lowest BCUT2D eigenvalue weighted by atomic mass is 10.2. The molecule has 1 aliphatic carbocycles. The van der Waals surface area contributed by atoms with Gasteiger partial charge in [-0.1, -0.05) is 17.7 Å². The zero-order valence-electron chi connectivity index (χ0n) is 11.8. The summed E-state index contributed by atoms with van der Waals surface area (Å²) in [4.78, 5) is 24.8. The average molecular weight is 311 g/mol. The van der Waals surface area contributed by atoms with Gasteiger partial charge in [-0.05, 0) is 38.3 Å². The van der Waals surface area contributed by atoms with Gasteiger partial charge in [-0.25, -0.2) is 8.42 Å². The van der Waals surface area contributed by atoms with Crippen molar-refractivity contribution in [1.29, 1.82) is 0 Å². The molecule has 114 valence electrons. The molecule has 2 rings (SSSR count). The molecule has 1 aromatic rings. The van der Waals surface area contributed by atoms with Crippen LogP contribution in [-0.4, -0.2) is 26.3 Å². The Kier molecular flexibility index (Phi) is 4.29. The first kappa shape index (κ1) is 15.5. The monoisotopic (exact) mass is 311 g/mol. The third kappa shape index (κ3) is 4.02. The van der Waals surface area contributed by atoms with Gasteiger partial charge in [-0.2, -0.15) is 0 Å². The van der Waals surface area contributed by atoms with E-state index in [0.29, 0.717) is 5.56 Å². The number of hydrazine groups is 1. The van der Waals surface area contributed by atoms with Crippen LogP contribution in [0.5, 0.6) is 0 Å². The van der Waals surface area contributed by atoms with E-state index < -0.39 is 21.8 Å². The Labute approximate surface area is 123 Å². The number of rotatable bonds is 4. The van der Waals surface area contributed by atoms with Crippen LogP contribution in [0, 0.1) is 13.8 Å². The highest BCUT2D eigenvalue weighted by Gasteiger charge is 2.27. The minimum Gasteiger partial charge on any atom is -0.345 e. The molecule has 0 bridgehead atoms. The second kappa shape index (κ2) is 5.82. The molecule has 3 N–H and O–H groups in total. The number of aryl methyl sites for hydroxylation is 2. The molecule has 7 nitrogen and oxygen atoms in total. The van der Waals surface area contributed by atoms with Gasteiger partial charge in [0.2, 0.25) is 0 Å². The van der Waals surface area contributed by atoms with Crippen LogP contribution in [-0.2, 0) is 19.6 Å². The molecular formula is C13H17N3O4S. The first-order chi connectivity index (χ1) is 9.79. The minimum absolute atomic E-state index is 0.0270. The van der Waals surface area contributed by atoms with Crippen molar-refractivity contribution in [3.63, 3.8) is 0 Å². The van der Waals surface area contributed by atoms with Crippen molar-refractivity contribution in [2.45, 2.75) is 37.6 Å². The third-order valence-electron chi connectivity index (χ3n) is 3.04. The summed E-state index contributed by atoms with van der Waals surface area (Å²) < 4.78 is 24.1. The molecule has 0 heterocycles. The van der Waals surface area contributed by atoms with E-state index in [1.165, 1.54) is 6.07 Å². The molecule has 1 saturated carbocycles. The second-order valence-corrected chi connectivity index (χ2v) is 6.73. The Morgan fingerprint density at radius 3 is 2.38 bits per heavy atom. The van der Waals surface area contributed by atoms with Crippen molar-refractivity contribution in [2.24, 2.45) is 0 Å². The largest absolute Gasteiger partial charge is 0.345 e. The second-order valence-electron chi connectivity index (χ2n) is 5.08. The lowest BCUT2D eigenvalue weighted by molar-refractivity contribution is -0.139. The summed E-state index contributed by atoms with van der Waals surface area (Å²) in [5.41, 5.74) is 3.39. The number of benzene rings is 1. The van der Waals surface area contributed by atoms with Crippen molar-refractivity contribution >= 4 is 21.8 Å². The van der Waals surface area contributed by atoms with Gasteiger partial charge in [0.15, 0.2) is 0 Å². The molecule has 1 fully saturated rings. The first-order valence-electron chi connectivity index (χ1n) is 6.49. The van der Waals surface area contributed by atoms with E-state index in [0.717, 1.165) is 18.4 Å². The molecule has 21 heavy (non-hydrogen) atoms. The normalized spacial score (nSPS) is 14.6. The summed E-state index contributed by atoms with van der Waals surface area (Å²) in [6.07, 6.45) is 1.68. The van der Waals surface area contributed by atoms with Gasteiger partial charge >= 0.3 is 11.8 Å². The molecule has 0 aromatic heterocycles. The number of carbonyl (C=O) groups is 2. The van der Waals surface area contributed by atoms with Crippen LogP contribution in [0.1, 0.15) is 24.0 Å². The van der Waals surface area contributed by atoms with E-state index in [1.54, 1.807) is 19.1 Å². The molecule has 2 amide bonds. The number of nitrogens with one attached hydrogen (secondary N) is 3. The van der Waals surface area contributed by atoms with E-state index in [1.807, 2.05) is 17.2 Å². The average Bonchev–Trinajstić information content (AvgIpc) is 3.19. The Morgan fingerprint density at radius 1 is 1.14 bits per heavy atom. The maximum atomic E-state index is 12.1. The summed E-state index contributed by atoms with van der Waals surface area (Å²) >= 11 is 0. The summed E-state index contributed by atoms with van der Waals surface area (Å²) in [7, 11) is -3.91. The third-order valence-corrected chi connectivity index (χ3v) is 4.45. The number of amides is 2. The molecular weight excluding hydrogens is 294 g/mol. The van der Waals surface area contributed by atoms with E-state index in [9.17, 15) is 18.0 Å². The molecule has 1 aromatic carbocycles. The van der Waals surface area contributed by atoms with Crippen LogP contribution in [0.3, 0.4) is 0 Å². The SMILES string of the molecule is Cc1ccc(S(=O)(=O)NNC(=O)C(=O)NC2CC2)c(C)c1. The van der Waals surface area contributed by atoms with Gasteiger partial charge in [0.05, 0.1) is 4.90 Å². The molecule has 1 aliphatic rings. The fraction of sp³-hybridized carbons (Fsp3) is 0.385. The van der Waals surface area contributed by atoms with E-state index in [-0.39, 0.29) is 10.9 Å². The van der Waals surface area contributed by atoms with Crippen molar-refractivity contribution in [3.8, 4) is 0 Å². The van der Waals surface area contributed by atoms with E-state index >= 15 is 0 Å². The smallest absolute Gasteiger partial charge is 0.324 e. The van der Waals surface area contributed by atoms with Gasteiger partial charge < -0.3 is 5.32 Å². The highest BCUT2D eigenvalue weighted by Crippen LogP contribution is 2.18. The zero-order chi connectivity index (χ0) is 15.6. The standard InChI is InChI=1S/C13H17N3O4S/c1-8-3-6-11(9(2)7-8)21(19,20)16-15-13(18)12(17)14-10-4-5-10/h3,6-7,10,16H,4-5H2,1-2H3,(H,14,17)(H,15,18). The van der Waals surface area contributed by atoms with Crippen LogP contribution >= 0.6 is 0 Å². The molecule has 0 spiro atoms. The zero-order valence-corrected chi connectivity index (χ0v) is 12.6. The van der Waals surface area contributed by atoms with Crippen molar-refractivity contribution in [3.05, 3.63) is 29.3 Å². The first-order valence-corrected chi connectivity index (χ1v) is 7.98. The van der Waals surface area contributed by atoms with Crippen molar-refractivity contribution in [1.82, 2.24) is 15.6 Å². The van der Waals surface area contributed by atoms with Crippen LogP contribution in [0.4, 0.5) is 0 Å². The summed E-state index contributed by atoms with van der Waals surface area (Å²) in [6.45, 7) is 3.50. The van der Waals surface area contributed by atoms with Gasteiger partial charge in [0, 0.05) is 6.04 Å². The molecule has 0 saturated heterocycles. The Hall–Kier alpha value is -1.93. The van der Waals surface area contributed by atoms with Gasteiger partial charge in [-0.15, -0.1) is 4.83 Å². The number of sulfonamides is 1. The Balaban J connectivity index is 2.00. The summed E-state index contributed by atoms with van der Waals surface area (Å²) in [5.74, 6) is -1.88. The van der Waals surface area contributed by atoms with Gasteiger partial charge in [0.1, 0.15) is 0 Å². The van der Waals surface area contributed by atoms with Crippen LogP contribution in [0.2, 0.25) is 0 Å². The minimum atomic E-state index is -3.91. The van der Waals surface area contributed by atoms with Gasteiger partial charge in [0.25, 0.3) is 10.0 Å². The van der Waals surface area contributed by atoms with Crippen LogP contribution in [0.25, 0.3) is 0 Å². The molecule has 8 heteroatoms. The van der Waals surface area contributed by atoms with Crippen molar-refractivity contribution < 1.29 is 18.0 Å². The Morgan fingerprint density at radius 2 is 1.81 bits per heavy atom. The lowest BCUT2D eigenvalue weighted by Gasteiger charge is -2.10. The summed E-state index contributed by atoms with van der Waals surface area (Å²) in [5, 5.41) is 2.46. The van der Waals surface area contributed by atoms with E-state index in [2.05, 4.69) is 5.32 Å². The maximum Gasteiger partial charge on any atom is 0.324 e. The highest BCUT2D eigenvalue weighted by molar-refractivity contribution is 7.89. The van der Waals surface area contributed by atoms with Crippen LogP contribution < -0.4 is 15.6 Å². The number of hydrogen-bond acceptors (Lipinski definition) is 4. The van der Waals surface area contributed by atoms with Crippen LogP contribution in [0.15, 0.2) is 23.1 Å². The lowest BCUT2D eigenvalue weighted by Crippen LogP contribution is -2.48. The quantitative estimate of drug-likeness (QED) is 0.533. The molecule has 0 atom stereocenters. The number of carbonyl (C=O) groups excluding carboxylic acids is 2. The predicted molar refractivity (Wildman–Crippen MR) is 75.5 cm³/mol. The molecule has 0 aliphatic heterocycles. The molecule has 0 unspecified atom stereocenters. The molecule has 0 radical (unpaired) electrons. The van der Waals surface area contributed by atoms with Gasteiger partial charge in [-0.3, -0.25) is 15.0 Å². The maximum absolute atomic E-state index is 12.1. The number of hydrogen-bond donors (Lipinski definition) is 3. The predicted octanol–water partition coefficient (Wildman–Crippen LogP) is -0.108. The Bertz CT molecular complexity index is 681. The topological polar surface area (TPSA) is 104 Å². The highest BCUT2D eigenvalue weighted by atomic mass is 32.2. The fourth-order valence-corrected chi connectivity index (χ4v) is 2.87.